The van der Waals surface area contributed by atoms with Crippen molar-refractivity contribution in [2.75, 3.05) is 24.2 Å². The summed E-state index contributed by atoms with van der Waals surface area (Å²) in [6, 6.07) is 4.69. The Kier molecular flexibility index (Phi) is 5.72. The van der Waals surface area contributed by atoms with Gasteiger partial charge in [0.2, 0.25) is 10.0 Å². The van der Waals surface area contributed by atoms with Gasteiger partial charge >= 0.3 is 0 Å². The van der Waals surface area contributed by atoms with Crippen LogP contribution in [0.5, 0.6) is 0 Å². The average Bonchev–Trinajstić information content (AvgIpc) is 2.34. The fourth-order valence-electron chi connectivity index (χ4n) is 1.38. The minimum atomic E-state index is -3.34. The number of sulfonamides is 1. The minimum absolute atomic E-state index is 0.0644. The predicted octanol–water partition coefficient (Wildman–Crippen LogP) is 1.81. The van der Waals surface area contributed by atoms with E-state index in [4.69, 9.17) is 5.26 Å². The molecule has 0 aromatic heterocycles. The zero-order chi connectivity index (χ0) is 14.5. The molecular formula is C11H13BrFN3O2S. The number of benzene rings is 1. The highest BCUT2D eigenvalue weighted by molar-refractivity contribution is 9.10. The highest BCUT2D eigenvalue weighted by Crippen LogP contribution is 2.26. The maximum Gasteiger partial charge on any atom is 0.213 e. The molecule has 0 radical (unpaired) electrons. The topological polar surface area (TPSA) is 82.0 Å². The van der Waals surface area contributed by atoms with Crippen LogP contribution >= 0.6 is 15.9 Å². The lowest BCUT2D eigenvalue weighted by molar-refractivity contribution is 0.584. The smallest absolute Gasteiger partial charge is 0.213 e. The molecule has 0 fully saturated rings. The van der Waals surface area contributed by atoms with Crippen molar-refractivity contribution < 1.29 is 12.8 Å². The van der Waals surface area contributed by atoms with E-state index in [0.29, 0.717) is 6.54 Å². The van der Waals surface area contributed by atoms with Crippen LogP contribution in [0.1, 0.15) is 12.5 Å². The van der Waals surface area contributed by atoms with Crippen molar-refractivity contribution in [2.24, 2.45) is 0 Å². The Labute approximate surface area is 120 Å². The number of rotatable bonds is 6. The highest BCUT2D eigenvalue weighted by Gasteiger charge is 2.12. The average molecular weight is 350 g/mol. The third-order valence-corrected chi connectivity index (χ3v) is 4.50. The van der Waals surface area contributed by atoms with E-state index in [1.165, 1.54) is 12.1 Å². The summed E-state index contributed by atoms with van der Waals surface area (Å²) < 4.78 is 38.9. The molecule has 0 saturated heterocycles. The second kappa shape index (κ2) is 6.84. The number of nitrogens with one attached hydrogen (secondary N) is 2. The summed E-state index contributed by atoms with van der Waals surface area (Å²) >= 11 is 2.98. The van der Waals surface area contributed by atoms with Gasteiger partial charge in [0.15, 0.2) is 5.82 Å². The van der Waals surface area contributed by atoms with Crippen LogP contribution in [0.4, 0.5) is 10.1 Å². The van der Waals surface area contributed by atoms with Crippen molar-refractivity contribution >= 4 is 31.6 Å². The summed E-state index contributed by atoms with van der Waals surface area (Å²) in [5, 5.41) is 11.4. The van der Waals surface area contributed by atoms with Gasteiger partial charge in [-0.25, -0.2) is 17.5 Å². The van der Waals surface area contributed by atoms with Gasteiger partial charge in [-0.05, 0) is 28.1 Å². The van der Waals surface area contributed by atoms with Gasteiger partial charge in [0.1, 0.15) is 6.07 Å². The van der Waals surface area contributed by atoms with E-state index in [9.17, 15) is 12.8 Å². The van der Waals surface area contributed by atoms with E-state index in [0.717, 1.165) is 0 Å². The molecule has 0 spiro atoms. The van der Waals surface area contributed by atoms with Gasteiger partial charge < -0.3 is 5.32 Å². The Morgan fingerprint density at radius 3 is 2.74 bits per heavy atom. The number of hydrogen-bond donors (Lipinski definition) is 2. The van der Waals surface area contributed by atoms with Gasteiger partial charge in [-0.15, -0.1) is 0 Å². The van der Waals surface area contributed by atoms with Crippen LogP contribution < -0.4 is 10.0 Å². The minimum Gasteiger partial charge on any atom is -0.382 e. The first-order valence-corrected chi connectivity index (χ1v) is 7.95. The first-order chi connectivity index (χ1) is 8.91. The van der Waals surface area contributed by atoms with Gasteiger partial charge in [0.05, 0.1) is 21.5 Å². The highest BCUT2D eigenvalue weighted by atomic mass is 79.9. The van der Waals surface area contributed by atoms with Crippen LogP contribution in [0.25, 0.3) is 0 Å². The van der Waals surface area contributed by atoms with Crippen LogP contribution in [0.2, 0.25) is 0 Å². The molecule has 5 nitrogen and oxygen atoms in total. The molecule has 0 aliphatic rings. The van der Waals surface area contributed by atoms with E-state index in [-0.39, 0.29) is 28.0 Å². The first-order valence-electron chi connectivity index (χ1n) is 5.50. The molecule has 1 aromatic carbocycles. The van der Waals surface area contributed by atoms with Gasteiger partial charge in [-0.1, -0.05) is 6.92 Å². The maximum absolute atomic E-state index is 13.8. The van der Waals surface area contributed by atoms with Crippen molar-refractivity contribution in [3.05, 3.63) is 28.0 Å². The van der Waals surface area contributed by atoms with Crippen LogP contribution in [0.3, 0.4) is 0 Å². The van der Waals surface area contributed by atoms with Crippen molar-refractivity contribution in [3.8, 4) is 6.07 Å². The molecule has 104 valence electrons. The van der Waals surface area contributed by atoms with Crippen LogP contribution in [-0.4, -0.2) is 27.3 Å². The van der Waals surface area contributed by atoms with Gasteiger partial charge in [0.25, 0.3) is 0 Å². The molecule has 0 unspecified atom stereocenters. The first kappa shape index (κ1) is 15.9. The fraction of sp³-hybridized carbons (Fsp3) is 0.364. The Balaban J connectivity index is 2.70. The summed E-state index contributed by atoms with van der Waals surface area (Å²) in [6.07, 6.45) is 0. The Hall–Kier alpha value is -1.17. The summed E-state index contributed by atoms with van der Waals surface area (Å²) in [6.45, 7) is 2.08. The third kappa shape index (κ3) is 4.45. The number of halogens is 2. The summed E-state index contributed by atoms with van der Waals surface area (Å²) in [7, 11) is -3.34. The molecule has 0 aliphatic heterocycles. The van der Waals surface area contributed by atoms with E-state index in [1.807, 2.05) is 6.07 Å². The summed E-state index contributed by atoms with van der Waals surface area (Å²) in [4.78, 5) is 0. The van der Waals surface area contributed by atoms with Crippen molar-refractivity contribution in [2.45, 2.75) is 6.92 Å². The van der Waals surface area contributed by atoms with Gasteiger partial charge in [-0.3, -0.25) is 0 Å². The molecule has 2 N–H and O–H groups in total. The summed E-state index contributed by atoms with van der Waals surface area (Å²) in [5.41, 5.74) is 0.334. The van der Waals surface area contributed by atoms with E-state index in [1.54, 1.807) is 6.92 Å². The van der Waals surface area contributed by atoms with E-state index >= 15 is 0 Å². The third-order valence-electron chi connectivity index (χ3n) is 2.25. The fourth-order valence-corrected chi connectivity index (χ4v) is 2.77. The van der Waals surface area contributed by atoms with Crippen LogP contribution in [0.15, 0.2) is 16.6 Å². The van der Waals surface area contributed by atoms with Crippen LogP contribution in [-0.2, 0) is 10.0 Å². The van der Waals surface area contributed by atoms with E-state index < -0.39 is 15.8 Å². The largest absolute Gasteiger partial charge is 0.382 e. The molecule has 19 heavy (non-hydrogen) atoms. The molecule has 1 aromatic rings. The Morgan fingerprint density at radius 1 is 1.47 bits per heavy atom. The SMILES string of the molecule is CCNS(=O)(=O)CCNc1ccc(C#N)c(Br)c1F. The maximum atomic E-state index is 13.8. The summed E-state index contributed by atoms with van der Waals surface area (Å²) in [5.74, 6) is -0.766. The molecule has 0 aliphatic carbocycles. The second-order valence-corrected chi connectivity index (χ2v) is 6.36. The van der Waals surface area contributed by atoms with Crippen molar-refractivity contribution in [1.29, 1.82) is 5.26 Å². The lowest BCUT2D eigenvalue weighted by Gasteiger charge is -2.09. The molecule has 0 atom stereocenters. The molecule has 0 heterocycles. The zero-order valence-electron chi connectivity index (χ0n) is 10.2. The lowest BCUT2D eigenvalue weighted by atomic mass is 10.2. The Bertz CT molecular complexity index is 599. The zero-order valence-corrected chi connectivity index (χ0v) is 12.6. The Morgan fingerprint density at radius 2 is 2.16 bits per heavy atom. The molecule has 0 saturated carbocycles. The number of nitriles is 1. The number of hydrogen-bond acceptors (Lipinski definition) is 4. The van der Waals surface area contributed by atoms with Gasteiger partial charge in [-0.2, -0.15) is 5.26 Å². The predicted molar refractivity (Wildman–Crippen MR) is 74.8 cm³/mol. The molecule has 0 bridgehead atoms. The second-order valence-electron chi connectivity index (χ2n) is 3.64. The molecule has 8 heteroatoms. The standard InChI is InChI=1S/C11H13BrFN3O2S/c1-2-16-19(17,18)6-5-15-9-4-3-8(7-14)10(12)11(9)13/h3-4,15-16H,2,5-6H2,1H3. The molecule has 0 amide bonds. The normalized spacial score (nSPS) is 11.1. The monoisotopic (exact) mass is 349 g/mol. The van der Waals surface area contributed by atoms with Gasteiger partial charge in [0, 0.05) is 13.1 Å². The quantitative estimate of drug-likeness (QED) is 0.820. The van der Waals surface area contributed by atoms with E-state index in [2.05, 4.69) is 26.0 Å². The van der Waals surface area contributed by atoms with Crippen LogP contribution in [0, 0.1) is 17.1 Å². The molecular weight excluding hydrogens is 337 g/mol. The van der Waals surface area contributed by atoms with Crippen molar-refractivity contribution in [1.82, 2.24) is 4.72 Å². The van der Waals surface area contributed by atoms with Crippen molar-refractivity contribution in [3.63, 3.8) is 0 Å². The molecule has 1 rings (SSSR count). The number of anilines is 1. The number of nitrogens with zero attached hydrogens (tertiary/aromatic N) is 1. The lowest BCUT2D eigenvalue weighted by Crippen LogP contribution is -2.29.